The van der Waals surface area contributed by atoms with E-state index in [4.69, 9.17) is 5.73 Å². The number of hydrogen-bond donors (Lipinski definition) is 2. The third-order valence-corrected chi connectivity index (χ3v) is 5.50. The van der Waals surface area contributed by atoms with E-state index in [2.05, 4.69) is 41.5 Å². The Bertz CT molecular complexity index is 707. The van der Waals surface area contributed by atoms with Gasteiger partial charge in [0.1, 0.15) is 5.01 Å². The predicted molar refractivity (Wildman–Crippen MR) is 97.0 cm³/mol. The lowest BCUT2D eigenvalue weighted by molar-refractivity contribution is -0.123. The highest BCUT2D eigenvalue weighted by atomic mass is 35.5. The number of hydrogen-bond acceptors (Lipinski definition) is 4. The molecular weight excluding hydrogens is 330 g/mol. The Labute approximate surface area is 146 Å². The Kier molecular flexibility index (Phi) is 5.14. The number of nitrogens with two attached hydrogens (primary N) is 1. The molecule has 3 rings (SSSR count). The molecule has 1 atom stereocenters. The fraction of sp³-hybridized carbons (Fsp3) is 0.412. The van der Waals surface area contributed by atoms with Crippen LogP contribution in [0.5, 0.6) is 0 Å². The second-order valence-electron chi connectivity index (χ2n) is 6.19. The van der Waals surface area contributed by atoms with Crippen molar-refractivity contribution in [2.45, 2.75) is 45.2 Å². The zero-order valence-electron chi connectivity index (χ0n) is 13.6. The van der Waals surface area contributed by atoms with E-state index < -0.39 is 5.54 Å². The zero-order valence-corrected chi connectivity index (χ0v) is 15.2. The summed E-state index contributed by atoms with van der Waals surface area (Å²) >= 11 is 1.63. The van der Waals surface area contributed by atoms with Crippen molar-refractivity contribution in [3.05, 3.63) is 40.4 Å². The van der Waals surface area contributed by atoms with Crippen molar-refractivity contribution in [2.24, 2.45) is 5.73 Å². The van der Waals surface area contributed by atoms with Gasteiger partial charge in [0, 0.05) is 5.56 Å². The molecule has 1 aliphatic carbocycles. The van der Waals surface area contributed by atoms with Gasteiger partial charge in [0.25, 0.3) is 0 Å². The molecule has 1 aliphatic rings. The minimum Gasteiger partial charge on any atom is -0.347 e. The number of carbonyl (C=O) groups excluding carboxylic acids is 1. The van der Waals surface area contributed by atoms with Gasteiger partial charge in [-0.15, -0.1) is 23.7 Å². The number of thiazole rings is 1. The van der Waals surface area contributed by atoms with Crippen LogP contribution in [-0.4, -0.2) is 16.4 Å². The lowest BCUT2D eigenvalue weighted by Gasteiger charge is -2.16. The largest absolute Gasteiger partial charge is 0.347 e. The molecule has 0 bridgehead atoms. The van der Waals surface area contributed by atoms with Gasteiger partial charge < -0.3 is 11.1 Å². The number of nitrogens with one attached hydrogen (secondary N) is 1. The van der Waals surface area contributed by atoms with Crippen LogP contribution in [0.15, 0.2) is 24.3 Å². The van der Waals surface area contributed by atoms with Crippen molar-refractivity contribution in [3.8, 4) is 10.6 Å². The van der Waals surface area contributed by atoms with E-state index in [1.54, 1.807) is 11.3 Å². The van der Waals surface area contributed by atoms with E-state index in [0.717, 1.165) is 34.0 Å². The first-order valence-electron chi connectivity index (χ1n) is 7.53. The van der Waals surface area contributed by atoms with Gasteiger partial charge in [0.15, 0.2) is 0 Å². The Morgan fingerprint density at radius 3 is 2.48 bits per heavy atom. The topological polar surface area (TPSA) is 68.0 Å². The summed E-state index contributed by atoms with van der Waals surface area (Å²) in [4.78, 5) is 17.8. The van der Waals surface area contributed by atoms with Crippen LogP contribution >= 0.6 is 23.7 Å². The minimum atomic E-state index is -0.632. The van der Waals surface area contributed by atoms with E-state index in [-0.39, 0.29) is 24.4 Å². The fourth-order valence-corrected chi connectivity index (χ4v) is 3.47. The Morgan fingerprint density at radius 2 is 1.91 bits per heavy atom. The van der Waals surface area contributed by atoms with Crippen LogP contribution in [0.1, 0.15) is 41.9 Å². The van der Waals surface area contributed by atoms with Crippen LogP contribution in [0.3, 0.4) is 0 Å². The number of amides is 1. The van der Waals surface area contributed by atoms with Crippen molar-refractivity contribution in [1.82, 2.24) is 10.3 Å². The summed E-state index contributed by atoms with van der Waals surface area (Å²) in [6.07, 6.45) is 1.56. The van der Waals surface area contributed by atoms with E-state index in [9.17, 15) is 4.79 Å². The van der Waals surface area contributed by atoms with Gasteiger partial charge in [-0.25, -0.2) is 4.98 Å². The van der Waals surface area contributed by atoms with Crippen molar-refractivity contribution in [3.63, 3.8) is 0 Å². The van der Waals surface area contributed by atoms with Gasteiger partial charge in [-0.05, 0) is 33.6 Å². The third kappa shape index (κ3) is 3.74. The molecule has 1 aromatic heterocycles. The van der Waals surface area contributed by atoms with Crippen molar-refractivity contribution in [2.75, 3.05) is 0 Å². The van der Waals surface area contributed by atoms with Gasteiger partial charge >= 0.3 is 0 Å². The maximum Gasteiger partial charge on any atom is 0.240 e. The number of aryl methyl sites for hydroxylation is 2. The average Bonchev–Trinajstić information content (AvgIpc) is 3.11. The summed E-state index contributed by atoms with van der Waals surface area (Å²) in [6.45, 7) is 6.05. The molecule has 23 heavy (non-hydrogen) atoms. The smallest absolute Gasteiger partial charge is 0.240 e. The fourth-order valence-electron chi connectivity index (χ4n) is 2.40. The number of aromatic nitrogens is 1. The van der Waals surface area contributed by atoms with Crippen LogP contribution in [0, 0.1) is 13.8 Å². The minimum absolute atomic E-state index is 0. The molecule has 1 heterocycles. The Hall–Kier alpha value is -1.43. The molecule has 124 valence electrons. The summed E-state index contributed by atoms with van der Waals surface area (Å²) in [5, 5.41) is 4.01. The monoisotopic (exact) mass is 351 g/mol. The highest BCUT2D eigenvalue weighted by molar-refractivity contribution is 7.15. The molecule has 4 nitrogen and oxygen atoms in total. The van der Waals surface area contributed by atoms with Gasteiger partial charge in [-0.1, -0.05) is 29.8 Å². The normalized spacial score (nSPS) is 16.3. The standard InChI is InChI=1S/C17H21N3OS.ClH/c1-10-4-6-13(7-5-10)15-19-11(2)14(22-15)12(3)20-16(21)17(18)8-9-17;/h4-7,12H,8-9,18H2,1-3H3,(H,20,21);1H. The van der Waals surface area contributed by atoms with Gasteiger partial charge in [-0.3, -0.25) is 4.79 Å². The summed E-state index contributed by atoms with van der Waals surface area (Å²) in [6, 6.07) is 8.27. The summed E-state index contributed by atoms with van der Waals surface area (Å²) in [5.74, 6) is -0.0512. The molecule has 1 saturated carbocycles. The maximum absolute atomic E-state index is 12.1. The van der Waals surface area contributed by atoms with Crippen LogP contribution in [0.25, 0.3) is 10.6 Å². The lowest BCUT2D eigenvalue weighted by Crippen LogP contribution is -2.43. The molecule has 6 heteroatoms. The van der Waals surface area contributed by atoms with Crippen molar-refractivity contribution in [1.29, 1.82) is 0 Å². The molecule has 0 aliphatic heterocycles. The summed E-state index contributed by atoms with van der Waals surface area (Å²) < 4.78 is 0. The third-order valence-electron chi connectivity index (χ3n) is 4.11. The average molecular weight is 352 g/mol. The van der Waals surface area contributed by atoms with E-state index >= 15 is 0 Å². The molecule has 1 fully saturated rings. The molecule has 1 unspecified atom stereocenters. The van der Waals surface area contributed by atoms with E-state index in [0.29, 0.717) is 0 Å². The molecule has 2 aromatic rings. The molecule has 1 amide bonds. The Balaban J connectivity index is 0.00000192. The van der Waals surface area contributed by atoms with Crippen LogP contribution in [-0.2, 0) is 4.79 Å². The molecular formula is C17H22ClN3OS. The molecule has 3 N–H and O–H groups in total. The first kappa shape index (κ1) is 17.9. The van der Waals surface area contributed by atoms with Crippen LogP contribution in [0.2, 0.25) is 0 Å². The van der Waals surface area contributed by atoms with Gasteiger partial charge in [0.2, 0.25) is 5.91 Å². The highest BCUT2D eigenvalue weighted by Gasteiger charge is 2.46. The number of nitrogens with zero attached hydrogens (tertiary/aromatic N) is 1. The predicted octanol–water partition coefficient (Wildman–Crippen LogP) is 3.52. The highest BCUT2D eigenvalue weighted by Crippen LogP contribution is 2.35. The van der Waals surface area contributed by atoms with E-state index in [1.807, 2.05) is 13.8 Å². The van der Waals surface area contributed by atoms with Crippen molar-refractivity contribution >= 4 is 29.7 Å². The second-order valence-corrected chi connectivity index (χ2v) is 7.22. The van der Waals surface area contributed by atoms with Crippen molar-refractivity contribution < 1.29 is 4.79 Å². The first-order valence-corrected chi connectivity index (χ1v) is 8.35. The number of carbonyl (C=O) groups is 1. The van der Waals surface area contributed by atoms with E-state index in [1.165, 1.54) is 5.56 Å². The zero-order chi connectivity index (χ0) is 15.9. The summed E-state index contributed by atoms with van der Waals surface area (Å²) in [5.41, 5.74) is 8.62. The van der Waals surface area contributed by atoms with Crippen LogP contribution in [0.4, 0.5) is 0 Å². The number of benzene rings is 1. The lowest BCUT2D eigenvalue weighted by atomic mass is 10.1. The molecule has 1 aromatic carbocycles. The number of rotatable bonds is 4. The second kappa shape index (κ2) is 6.59. The summed E-state index contributed by atoms with van der Waals surface area (Å²) in [7, 11) is 0. The quantitative estimate of drug-likeness (QED) is 0.885. The van der Waals surface area contributed by atoms with Gasteiger partial charge in [-0.2, -0.15) is 0 Å². The maximum atomic E-state index is 12.1. The molecule has 0 spiro atoms. The first-order chi connectivity index (χ1) is 10.4. The molecule has 0 radical (unpaired) electrons. The Morgan fingerprint density at radius 1 is 1.30 bits per heavy atom. The SMILES string of the molecule is Cc1ccc(-c2nc(C)c(C(C)NC(=O)C3(N)CC3)s2)cc1.Cl. The van der Waals surface area contributed by atoms with Crippen LogP contribution < -0.4 is 11.1 Å². The number of halogens is 1. The molecule has 0 saturated heterocycles. The van der Waals surface area contributed by atoms with Gasteiger partial charge in [0.05, 0.1) is 22.2 Å².